The SMILES string of the molecule is CCN(CC)C/C=C/C(O)c1ccccc1. The van der Waals surface area contributed by atoms with Crippen molar-refractivity contribution in [2.24, 2.45) is 0 Å². The normalized spacial score (nSPS) is 13.5. The molecule has 0 aliphatic heterocycles. The van der Waals surface area contributed by atoms with E-state index in [9.17, 15) is 5.11 Å². The Morgan fingerprint density at radius 1 is 1.19 bits per heavy atom. The van der Waals surface area contributed by atoms with Crippen molar-refractivity contribution in [3.8, 4) is 0 Å². The molecule has 1 aromatic rings. The van der Waals surface area contributed by atoms with E-state index >= 15 is 0 Å². The van der Waals surface area contributed by atoms with Crippen LogP contribution < -0.4 is 0 Å². The molecule has 0 saturated carbocycles. The van der Waals surface area contributed by atoms with Crippen LogP contribution in [0.1, 0.15) is 25.5 Å². The monoisotopic (exact) mass is 219 g/mol. The average molecular weight is 219 g/mol. The second kappa shape index (κ2) is 7.20. The first kappa shape index (κ1) is 12.9. The Hall–Kier alpha value is -1.12. The van der Waals surface area contributed by atoms with Gasteiger partial charge in [-0.25, -0.2) is 0 Å². The van der Waals surface area contributed by atoms with Crippen LogP contribution in [0.5, 0.6) is 0 Å². The van der Waals surface area contributed by atoms with Gasteiger partial charge in [0.1, 0.15) is 0 Å². The van der Waals surface area contributed by atoms with Crippen molar-refractivity contribution >= 4 is 0 Å². The standard InChI is InChI=1S/C14H21NO/c1-3-15(4-2)12-8-11-14(16)13-9-6-5-7-10-13/h5-11,14,16H,3-4,12H2,1-2H3/b11-8+. The summed E-state index contributed by atoms with van der Waals surface area (Å²) in [5.41, 5.74) is 0.943. The molecule has 0 fully saturated rings. The Morgan fingerprint density at radius 2 is 1.81 bits per heavy atom. The van der Waals surface area contributed by atoms with Crippen molar-refractivity contribution in [1.82, 2.24) is 4.90 Å². The molecule has 0 radical (unpaired) electrons. The van der Waals surface area contributed by atoms with Gasteiger partial charge in [0.25, 0.3) is 0 Å². The van der Waals surface area contributed by atoms with Crippen LogP contribution >= 0.6 is 0 Å². The summed E-state index contributed by atoms with van der Waals surface area (Å²) in [5.74, 6) is 0. The van der Waals surface area contributed by atoms with Gasteiger partial charge in [0.15, 0.2) is 0 Å². The number of nitrogens with zero attached hydrogens (tertiary/aromatic N) is 1. The molecule has 0 saturated heterocycles. The Morgan fingerprint density at radius 3 is 2.38 bits per heavy atom. The van der Waals surface area contributed by atoms with Crippen molar-refractivity contribution in [1.29, 1.82) is 0 Å². The third kappa shape index (κ3) is 4.17. The minimum atomic E-state index is -0.489. The van der Waals surface area contributed by atoms with E-state index in [1.54, 1.807) is 0 Å². The quantitative estimate of drug-likeness (QED) is 0.743. The summed E-state index contributed by atoms with van der Waals surface area (Å²) in [6.07, 6.45) is 3.40. The average Bonchev–Trinajstić information content (AvgIpc) is 2.35. The van der Waals surface area contributed by atoms with Crippen molar-refractivity contribution in [2.45, 2.75) is 20.0 Å². The second-order valence-corrected chi connectivity index (χ2v) is 3.77. The fourth-order valence-corrected chi connectivity index (χ4v) is 1.58. The zero-order valence-electron chi connectivity index (χ0n) is 10.1. The van der Waals surface area contributed by atoms with Crippen LogP contribution in [-0.2, 0) is 0 Å². The number of aliphatic hydroxyl groups is 1. The topological polar surface area (TPSA) is 23.5 Å². The highest BCUT2D eigenvalue weighted by molar-refractivity contribution is 5.20. The van der Waals surface area contributed by atoms with Crippen LogP contribution in [0.25, 0.3) is 0 Å². The third-order valence-electron chi connectivity index (χ3n) is 2.72. The summed E-state index contributed by atoms with van der Waals surface area (Å²) < 4.78 is 0. The first-order valence-electron chi connectivity index (χ1n) is 5.90. The van der Waals surface area contributed by atoms with Crippen LogP contribution in [0, 0.1) is 0 Å². The largest absolute Gasteiger partial charge is 0.384 e. The van der Waals surface area contributed by atoms with Crippen molar-refractivity contribution in [3.63, 3.8) is 0 Å². The molecule has 1 rings (SSSR count). The molecule has 1 atom stereocenters. The van der Waals surface area contributed by atoms with Gasteiger partial charge in [-0.15, -0.1) is 0 Å². The fourth-order valence-electron chi connectivity index (χ4n) is 1.58. The van der Waals surface area contributed by atoms with Gasteiger partial charge < -0.3 is 10.0 Å². The Kier molecular flexibility index (Phi) is 5.83. The van der Waals surface area contributed by atoms with Crippen molar-refractivity contribution in [2.75, 3.05) is 19.6 Å². The summed E-state index contributed by atoms with van der Waals surface area (Å²) >= 11 is 0. The van der Waals surface area contributed by atoms with Gasteiger partial charge in [-0.3, -0.25) is 0 Å². The highest BCUT2D eigenvalue weighted by Gasteiger charge is 2.01. The number of aliphatic hydroxyl groups excluding tert-OH is 1. The summed E-state index contributed by atoms with van der Waals surface area (Å²) in [4.78, 5) is 2.30. The molecule has 0 heterocycles. The minimum Gasteiger partial charge on any atom is -0.384 e. The first-order valence-corrected chi connectivity index (χ1v) is 5.90. The molecule has 0 amide bonds. The number of hydrogen-bond donors (Lipinski definition) is 1. The maximum Gasteiger partial charge on any atom is 0.0972 e. The van der Waals surface area contributed by atoms with E-state index in [1.165, 1.54) is 0 Å². The smallest absolute Gasteiger partial charge is 0.0972 e. The van der Waals surface area contributed by atoms with Crippen LogP contribution in [0.4, 0.5) is 0 Å². The molecule has 0 bridgehead atoms. The second-order valence-electron chi connectivity index (χ2n) is 3.77. The van der Waals surface area contributed by atoms with E-state index in [0.29, 0.717) is 0 Å². The van der Waals surface area contributed by atoms with Gasteiger partial charge in [-0.05, 0) is 18.7 Å². The maximum atomic E-state index is 9.87. The maximum absolute atomic E-state index is 9.87. The molecule has 0 spiro atoms. The third-order valence-corrected chi connectivity index (χ3v) is 2.72. The van der Waals surface area contributed by atoms with E-state index in [2.05, 4.69) is 18.7 Å². The molecule has 0 aliphatic carbocycles. The number of rotatable bonds is 6. The Balaban J connectivity index is 2.45. The number of hydrogen-bond acceptors (Lipinski definition) is 2. The number of benzene rings is 1. The molecule has 1 unspecified atom stereocenters. The molecule has 1 N–H and O–H groups in total. The minimum absolute atomic E-state index is 0.489. The van der Waals surface area contributed by atoms with Crippen LogP contribution in [0.3, 0.4) is 0 Å². The fraction of sp³-hybridized carbons (Fsp3) is 0.429. The Labute approximate surface area is 98.2 Å². The molecular weight excluding hydrogens is 198 g/mol. The van der Waals surface area contributed by atoms with E-state index in [1.807, 2.05) is 42.5 Å². The molecule has 1 aromatic carbocycles. The molecule has 16 heavy (non-hydrogen) atoms. The lowest BCUT2D eigenvalue weighted by molar-refractivity contribution is 0.227. The lowest BCUT2D eigenvalue weighted by atomic mass is 10.1. The van der Waals surface area contributed by atoms with Gasteiger partial charge in [-0.2, -0.15) is 0 Å². The van der Waals surface area contributed by atoms with Crippen LogP contribution in [0.2, 0.25) is 0 Å². The highest BCUT2D eigenvalue weighted by atomic mass is 16.3. The molecule has 0 aliphatic rings. The van der Waals surface area contributed by atoms with E-state index in [-0.39, 0.29) is 0 Å². The van der Waals surface area contributed by atoms with Gasteiger partial charge in [0.2, 0.25) is 0 Å². The zero-order chi connectivity index (χ0) is 11.8. The van der Waals surface area contributed by atoms with Gasteiger partial charge in [0, 0.05) is 6.54 Å². The van der Waals surface area contributed by atoms with Crippen molar-refractivity contribution in [3.05, 3.63) is 48.0 Å². The first-order chi connectivity index (χ1) is 7.77. The van der Waals surface area contributed by atoms with E-state index in [4.69, 9.17) is 0 Å². The summed E-state index contributed by atoms with van der Waals surface area (Å²) in [7, 11) is 0. The molecule has 88 valence electrons. The molecule has 2 heteroatoms. The molecule has 0 aromatic heterocycles. The predicted molar refractivity (Wildman–Crippen MR) is 68.3 cm³/mol. The van der Waals surface area contributed by atoms with Crippen LogP contribution in [-0.4, -0.2) is 29.6 Å². The number of likely N-dealkylation sites (N-methyl/N-ethyl adjacent to an activating group) is 1. The lowest BCUT2D eigenvalue weighted by Gasteiger charge is -2.15. The van der Waals surface area contributed by atoms with Gasteiger partial charge >= 0.3 is 0 Å². The summed E-state index contributed by atoms with van der Waals surface area (Å²) in [6.45, 7) is 7.28. The van der Waals surface area contributed by atoms with E-state index < -0.39 is 6.10 Å². The van der Waals surface area contributed by atoms with Gasteiger partial charge in [-0.1, -0.05) is 56.3 Å². The predicted octanol–water partition coefficient (Wildman–Crippen LogP) is 2.62. The van der Waals surface area contributed by atoms with Crippen LogP contribution in [0.15, 0.2) is 42.5 Å². The molecule has 2 nitrogen and oxygen atoms in total. The molecular formula is C14H21NO. The van der Waals surface area contributed by atoms with E-state index in [0.717, 1.165) is 25.2 Å². The summed E-state index contributed by atoms with van der Waals surface area (Å²) in [6, 6.07) is 9.71. The zero-order valence-corrected chi connectivity index (χ0v) is 10.1. The highest BCUT2D eigenvalue weighted by Crippen LogP contribution is 2.12. The summed E-state index contributed by atoms with van der Waals surface area (Å²) in [5, 5.41) is 9.87. The van der Waals surface area contributed by atoms with Crippen molar-refractivity contribution < 1.29 is 5.11 Å². The lowest BCUT2D eigenvalue weighted by Crippen LogP contribution is -2.22. The van der Waals surface area contributed by atoms with Gasteiger partial charge in [0.05, 0.1) is 6.10 Å². The Bertz CT molecular complexity index is 304.